The second-order valence-electron chi connectivity index (χ2n) is 6.04. The van der Waals surface area contributed by atoms with Crippen LogP contribution in [0.2, 0.25) is 0 Å². The van der Waals surface area contributed by atoms with E-state index < -0.39 is 0 Å². The predicted octanol–water partition coefficient (Wildman–Crippen LogP) is 3.15. The van der Waals surface area contributed by atoms with Crippen LogP contribution in [0.3, 0.4) is 0 Å². The first-order valence-corrected chi connectivity index (χ1v) is 6.63. The van der Waals surface area contributed by atoms with Gasteiger partial charge in [-0.05, 0) is 61.3 Å². The third-order valence-electron chi connectivity index (χ3n) is 4.27. The highest BCUT2D eigenvalue weighted by molar-refractivity contribution is 5.20. The van der Waals surface area contributed by atoms with Crippen molar-refractivity contribution in [2.24, 2.45) is 11.3 Å². The molecule has 0 heterocycles. The molecule has 2 heteroatoms. The molecule has 2 aliphatic rings. The maximum atomic E-state index is 13.1. The average molecular weight is 233 g/mol. The second kappa shape index (κ2) is 4.09. The molecule has 92 valence electrons. The summed E-state index contributed by atoms with van der Waals surface area (Å²) in [6.07, 6.45) is 5.01. The van der Waals surface area contributed by atoms with Crippen molar-refractivity contribution >= 4 is 0 Å². The van der Waals surface area contributed by atoms with Gasteiger partial charge in [-0.3, -0.25) is 0 Å². The number of rotatable bonds is 5. The van der Waals surface area contributed by atoms with E-state index in [1.54, 1.807) is 6.07 Å². The Morgan fingerprint density at radius 1 is 1.41 bits per heavy atom. The topological polar surface area (TPSA) is 12.0 Å². The van der Waals surface area contributed by atoms with E-state index in [-0.39, 0.29) is 5.82 Å². The van der Waals surface area contributed by atoms with Gasteiger partial charge in [-0.25, -0.2) is 4.39 Å². The van der Waals surface area contributed by atoms with E-state index >= 15 is 0 Å². The van der Waals surface area contributed by atoms with Gasteiger partial charge in [-0.15, -0.1) is 0 Å². The lowest BCUT2D eigenvalue weighted by Gasteiger charge is -2.12. The lowest BCUT2D eigenvalue weighted by molar-refractivity contribution is 0.474. The fraction of sp³-hybridized carbons (Fsp3) is 0.600. The lowest BCUT2D eigenvalue weighted by atomic mass is 9.96. The molecule has 1 N–H and O–H groups in total. The monoisotopic (exact) mass is 233 g/mol. The van der Waals surface area contributed by atoms with Gasteiger partial charge in [0.25, 0.3) is 0 Å². The molecule has 0 aromatic heterocycles. The van der Waals surface area contributed by atoms with E-state index in [0.29, 0.717) is 5.41 Å². The van der Waals surface area contributed by atoms with Crippen LogP contribution in [0.4, 0.5) is 4.39 Å². The van der Waals surface area contributed by atoms with Gasteiger partial charge in [0, 0.05) is 6.04 Å². The molecule has 0 amide bonds. The number of benzene rings is 1. The van der Waals surface area contributed by atoms with Gasteiger partial charge in [-0.1, -0.05) is 19.1 Å². The quantitative estimate of drug-likeness (QED) is 0.824. The zero-order chi connectivity index (χ0) is 11.9. The van der Waals surface area contributed by atoms with Crippen molar-refractivity contribution in [3.63, 3.8) is 0 Å². The van der Waals surface area contributed by atoms with Crippen LogP contribution in [0.1, 0.15) is 31.7 Å². The first kappa shape index (κ1) is 11.2. The largest absolute Gasteiger partial charge is 0.314 e. The number of hydrogen-bond donors (Lipinski definition) is 1. The molecule has 0 aliphatic heterocycles. The Hall–Kier alpha value is -0.890. The molecule has 3 rings (SSSR count). The third kappa shape index (κ3) is 2.68. The molecule has 2 saturated carbocycles. The molecule has 0 bridgehead atoms. The zero-order valence-electron chi connectivity index (χ0n) is 10.4. The minimum atomic E-state index is -0.112. The van der Waals surface area contributed by atoms with E-state index in [4.69, 9.17) is 0 Å². The summed E-state index contributed by atoms with van der Waals surface area (Å²) in [6, 6.07) is 7.85. The lowest BCUT2D eigenvalue weighted by Crippen LogP contribution is -2.21. The summed E-state index contributed by atoms with van der Waals surface area (Å²) in [5.74, 6) is 0.672. The Morgan fingerprint density at radius 3 is 2.94 bits per heavy atom. The Balaban J connectivity index is 1.54. The van der Waals surface area contributed by atoms with Crippen LogP contribution >= 0.6 is 0 Å². The summed E-state index contributed by atoms with van der Waals surface area (Å²) >= 11 is 0. The van der Waals surface area contributed by atoms with Crippen molar-refractivity contribution in [1.29, 1.82) is 0 Å². The van der Waals surface area contributed by atoms with Crippen LogP contribution in [0.15, 0.2) is 24.3 Å². The van der Waals surface area contributed by atoms with E-state index in [1.807, 2.05) is 12.1 Å². The standard InChI is InChI=1S/C15H20FN/c1-15(8-11-3-2-4-13(16)7-11)9-12(15)10-17-14-5-6-14/h2-4,7,12,14,17H,5-6,8-10H2,1H3. The maximum absolute atomic E-state index is 13.1. The number of halogens is 1. The van der Waals surface area contributed by atoms with E-state index in [9.17, 15) is 4.39 Å². The maximum Gasteiger partial charge on any atom is 0.123 e. The Labute approximate surface area is 102 Å². The van der Waals surface area contributed by atoms with Crippen molar-refractivity contribution in [2.75, 3.05) is 6.54 Å². The van der Waals surface area contributed by atoms with Crippen molar-refractivity contribution in [3.8, 4) is 0 Å². The van der Waals surface area contributed by atoms with Crippen LogP contribution in [0, 0.1) is 17.2 Å². The summed E-state index contributed by atoms with van der Waals surface area (Å²) in [6.45, 7) is 3.48. The summed E-state index contributed by atoms with van der Waals surface area (Å²) in [5.41, 5.74) is 1.54. The summed E-state index contributed by atoms with van der Waals surface area (Å²) in [7, 11) is 0. The first-order chi connectivity index (χ1) is 8.16. The summed E-state index contributed by atoms with van der Waals surface area (Å²) in [5, 5.41) is 3.60. The molecule has 2 fully saturated rings. The summed E-state index contributed by atoms with van der Waals surface area (Å²) < 4.78 is 13.1. The molecular formula is C15H20FN. The SMILES string of the molecule is CC1(Cc2cccc(F)c2)CC1CNC1CC1. The molecule has 1 nitrogen and oxygen atoms in total. The van der Waals surface area contributed by atoms with Gasteiger partial charge < -0.3 is 5.32 Å². The minimum Gasteiger partial charge on any atom is -0.314 e. The van der Waals surface area contributed by atoms with E-state index in [1.165, 1.54) is 25.3 Å². The van der Waals surface area contributed by atoms with Crippen LogP contribution < -0.4 is 5.32 Å². The first-order valence-electron chi connectivity index (χ1n) is 6.63. The molecule has 0 radical (unpaired) electrons. The van der Waals surface area contributed by atoms with Crippen LogP contribution in [0.25, 0.3) is 0 Å². The van der Waals surface area contributed by atoms with Crippen LogP contribution in [-0.2, 0) is 6.42 Å². The van der Waals surface area contributed by atoms with Crippen LogP contribution in [-0.4, -0.2) is 12.6 Å². The molecule has 2 aliphatic carbocycles. The molecule has 0 spiro atoms. The zero-order valence-corrected chi connectivity index (χ0v) is 10.4. The van der Waals surface area contributed by atoms with Crippen molar-refractivity contribution in [3.05, 3.63) is 35.6 Å². The highest BCUT2D eigenvalue weighted by Crippen LogP contribution is 2.54. The minimum absolute atomic E-state index is 0.112. The van der Waals surface area contributed by atoms with Gasteiger partial charge in [0.2, 0.25) is 0 Å². The van der Waals surface area contributed by atoms with Crippen molar-refractivity contribution < 1.29 is 4.39 Å². The molecule has 0 saturated heterocycles. The molecular weight excluding hydrogens is 213 g/mol. The Morgan fingerprint density at radius 2 is 2.24 bits per heavy atom. The molecule has 2 unspecified atom stereocenters. The highest BCUT2D eigenvalue weighted by atomic mass is 19.1. The highest BCUT2D eigenvalue weighted by Gasteiger charge is 2.49. The van der Waals surface area contributed by atoms with Crippen LogP contribution in [0.5, 0.6) is 0 Å². The Bertz CT molecular complexity index is 413. The number of hydrogen-bond acceptors (Lipinski definition) is 1. The van der Waals surface area contributed by atoms with Gasteiger partial charge >= 0.3 is 0 Å². The molecule has 17 heavy (non-hydrogen) atoms. The van der Waals surface area contributed by atoms with Gasteiger partial charge in [0.15, 0.2) is 0 Å². The van der Waals surface area contributed by atoms with Gasteiger partial charge in [0.05, 0.1) is 0 Å². The van der Waals surface area contributed by atoms with Crippen molar-refractivity contribution in [1.82, 2.24) is 5.32 Å². The fourth-order valence-corrected chi connectivity index (χ4v) is 2.75. The molecule has 1 aromatic carbocycles. The molecule has 1 aromatic rings. The van der Waals surface area contributed by atoms with Crippen molar-refractivity contribution in [2.45, 2.75) is 38.6 Å². The average Bonchev–Trinajstić information content (AvgIpc) is 3.14. The smallest absolute Gasteiger partial charge is 0.123 e. The Kier molecular flexibility index (Phi) is 2.70. The third-order valence-corrected chi connectivity index (χ3v) is 4.27. The number of nitrogens with one attached hydrogen (secondary N) is 1. The summed E-state index contributed by atoms with van der Waals surface area (Å²) in [4.78, 5) is 0. The predicted molar refractivity (Wildman–Crippen MR) is 67.3 cm³/mol. The van der Waals surface area contributed by atoms with E-state index in [0.717, 1.165) is 30.5 Å². The van der Waals surface area contributed by atoms with E-state index in [2.05, 4.69) is 12.2 Å². The van der Waals surface area contributed by atoms with Gasteiger partial charge in [-0.2, -0.15) is 0 Å². The molecule has 2 atom stereocenters. The van der Waals surface area contributed by atoms with Gasteiger partial charge in [0.1, 0.15) is 5.82 Å². The fourth-order valence-electron chi connectivity index (χ4n) is 2.75. The second-order valence-corrected chi connectivity index (χ2v) is 6.04. The normalized spacial score (nSPS) is 31.5.